The zero-order valence-electron chi connectivity index (χ0n) is 24.1. The van der Waals surface area contributed by atoms with Crippen LogP contribution in [0.4, 0.5) is 0 Å². The summed E-state index contributed by atoms with van der Waals surface area (Å²) < 4.78 is 8.98. The average molecular weight is 569 g/mol. The number of para-hydroxylation sites is 1. The van der Waals surface area contributed by atoms with Crippen LogP contribution in [0.25, 0.3) is 73.0 Å². The van der Waals surface area contributed by atoms with Gasteiger partial charge in [-0.2, -0.15) is 0 Å². The summed E-state index contributed by atoms with van der Waals surface area (Å²) in [7, 11) is 0. The van der Waals surface area contributed by atoms with Gasteiger partial charge in [-0.25, -0.2) is 15.0 Å². The molecule has 0 saturated carbocycles. The minimum Gasteiger partial charge on any atom is -0.456 e. The molecule has 0 radical (unpaired) electrons. The Bertz CT molecular complexity index is 2390. The molecule has 0 saturated heterocycles. The highest BCUT2D eigenvalue weighted by Crippen LogP contribution is 2.37. The number of aryl methyl sites for hydroxylation is 1. The van der Waals surface area contributed by atoms with E-state index in [2.05, 4.69) is 102 Å². The first kappa shape index (κ1) is 25.0. The molecule has 0 N–H and O–H groups in total. The van der Waals surface area contributed by atoms with Crippen molar-refractivity contribution in [3.05, 3.63) is 132 Å². The third kappa shape index (κ3) is 3.97. The van der Waals surface area contributed by atoms with Crippen molar-refractivity contribution in [3.63, 3.8) is 0 Å². The van der Waals surface area contributed by atoms with Crippen molar-refractivity contribution in [2.24, 2.45) is 0 Å². The number of benzene rings is 4. The number of nitrogens with zero attached hydrogens (tertiary/aromatic N) is 4. The molecule has 0 unspecified atom stereocenters. The molecule has 7 aromatic rings. The lowest BCUT2D eigenvalue weighted by molar-refractivity contribution is 0.663. The normalized spacial score (nSPS) is 14.2. The van der Waals surface area contributed by atoms with Crippen molar-refractivity contribution in [1.29, 1.82) is 0 Å². The van der Waals surface area contributed by atoms with Gasteiger partial charge in [-0.3, -0.25) is 0 Å². The van der Waals surface area contributed by atoms with Gasteiger partial charge >= 0.3 is 0 Å². The Labute approximate surface area is 254 Å². The van der Waals surface area contributed by atoms with Gasteiger partial charge in [0.2, 0.25) is 0 Å². The fourth-order valence-electron chi connectivity index (χ4n) is 6.80. The number of hydrogen-bond acceptors (Lipinski definition) is 4. The first-order chi connectivity index (χ1) is 21.8. The summed E-state index contributed by atoms with van der Waals surface area (Å²) in [4.78, 5) is 15.0. The van der Waals surface area contributed by atoms with E-state index in [0.717, 1.165) is 76.0 Å². The molecule has 9 rings (SSSR count). The lowest BCUT2D eigenvalue weighted by Gasteiger charge is -2.15. The largest absolute Gasteiger partial charge is 0.456 e. The second-order valence-electron chi connectivity index (χ2n) is 11.4. The van der Waals surface area contributed by atoms with Crippen LogP contribution in [0.2, 0.25) is 0 Å². The summed E-state index contributed by atoms with van der Waals surface area (Å²) >= 11 is 0. The van der Waals surface area contributed by atoms with Gasteiger partial charge < -0.3 is 8.98 Å². The first-order valence-corrected chi connectivity index (χ1v) is 15.2. The standard InChI is InChI=1S/C39H28N4O/c1-3-12-25(13-4-1)37-40-38(26-14-5-2-6-15-26)42-39(41-37)27-16-9-17-28(24-27)43-31-20-10-19-30-29-18-7-8-22-33(29)44-34-23-11-21-32(43)36(34)35(30)31/h1-5,7-9,11-14,16-19,21-24H,6,10,15,20H2. The molecular weight excluding hydrogens is 540 g/mol. The molecule has 5 nitrogen and oxygen atoms in total. The van der Waals surface area contributed by atoms with Crippen molar-refractivity contribution in [2.45, 2.75) is 25.7 Å². The minimum atomic E-state index is 0.677. The SMILES string of the molecule is C1=CCCC(c2nc(-c3ccccc3)nc(-c3cccc(-n4c5c6c(c7ccccc7oc7cccc4c76)=CCC5)c3)n2)=C1. The van der Waals surface area contributed by atoms with E-state index in [0.29, 0.717) is 11.6 Å². The number of rotatable bonds is 4. The highest BCUT2D eigenvalue weighted by molar-refractivity contribution is 6.12. The summed E-state index contributed by atoms with van der Waals surface area (Å²) in [5.74, 6) is 2.11. The second-order valence-corrected chi connectivity index (χ2v) is 11.4. The van der Waals surface area contributed by atoms with Crippen molar-refractivity contribution in [2.75, 3.05) is 0 Å². The van der Waals surface area contributed by atoms with Crippen LogP contribution in [0.15, 0.2) is 120 Å². The van der Waals surface area contributed by atoms with Gasteiger partial charge in [0.25, 0.3) is 0 Å². The fourth-order valence-corrected chi connectivity index (χ4v) is 6.80. The molecule has 0 aliphatic heterocycles. The summed E-state index contributed by atoms with van der Waals surface area (Å²) in [5.41, 5.74) is 8.42. The summed E-state index contributed by atoms with van der Waals surface area (Å²) in [6, 6.07) is 33.6. The quantitative estimate of drug-likeness (QED) is 0.213. The lowest BCUT2D eigenvalue weighted by atomic mass is 10.0. The van der Waals surface area contributed by atoms with E-state index in [1.54, 1.807) is 0 Å². The van der Waals surface area contributed by atoms with Gasteiger partial charge in [-0.15, -0.1) is 0 Å². The van der Waals surface area contributed by atoms with E-state index >= 15 is 0 Å². The van der Waals surface area contributed by atoms with E-state index in [4.69, 9.17) is 19.4 Å². The lowest BCUT2D eigenvalue weighted by Crippen LogP contribution is -2.11. The molecule has 5 heteroatoms. The average Bonchev–Trinajstić information content (AvgIpc) is 3.36. The molecule has 4 aromatic carbocycles. The molecular formula is C39H28N4O. The minimum absolute atomic E-state index is 0.677. The third-order valence-electron chi connectivity index (χ3n) is 8.78. The smallest absolute Gasteiger partial charge is 0.164 e. The van der Waals surface area contributed by atoms with E-state index < -0.39 is 0 Å². The van der Waals surface area contributed by atoms with Crippen LogP contribution in [0.3, 0.4) is 0 Å². The predicted molar refractivity (Wildman–Crippen MR) is 178 cm³/mol. The summed E-state index contributed by atoms with van der Waals surface area (Å²) in [6.07, 6.45) is 12.6. The van der Waals surface area contributed by atoms with Crippen molar-refractivity contribution in [3.8, 4) is 28.5 Å². The molecule has 0 atom stereocenters. The van der Waals surface area contributed by atoms with Crippen LogP contribution in [0, 0.1) is 0 Å². The molecule has 0 bridgehead atoms. The molecule has 3 aromatic heterocycles. The second kappa shape index (κ2) is 10.0. The Morgan fingerprint density at radius 1 is 0.636 bits per heavy atom. The van der Waals surface area contributed by atoms with Crippen LogP contribution in [0.5, 0.6) is 0 Å². The topological polar surface area (TPSA) is 56.7 Å². The Balaban J connectivity index is 1.28. The zero-order chi connectivity index (χ0) is 29.0. The number of hydrogen-bond donors (Lipinski definition) is 0. The highest BCUT2D eigenvalue weighted by atomic mass is 16.3. The van der Waals surface area contributed by atoms with E-state index in [1.807, 2.05) is 24.3 Å². The first-order valence-electron chi connectivity index (χ1n) is 15.2. The number of fused-ring (bicyclic) bond motifs is 2. The molecule has 0 amide bonds. The van der Waals surface area contributed by atoms with Gasteiger partial charge in [0.05, 0.1) is 10.9 Å². The third-order valence-corrected chi connectivity index (χ3v) is 8.78. The Hall–Kier alpha value is -5.55. The maximum absolute atomic E-state index is 6.57. The predicted octanol–water partition coefficient (Wildman–Crippen LogP) is 8.79. The van der Waals surface area contributed by atoms with E-state index in [1.165, 1.54) is 21.7 Å². The Morgan fingerprint density at radius 2 is 1.41 bits per heavy atom. The van der Waals surface area contributed by atoms with Gasteiger partial charge in [-0.1, -0.05) is 91.0 Å². The molecule has 2 aliphatic carbocycles. The highest BCUT2D eigenvalue weighted by Gasteiger charge is 2.22. The summed E-state index contributed by atoms with van der Waals surface area (Å²) in [5, 5.41) is 4.86. The van der Waals surface area contributed by atoms with Crippen LogP contribution >= 0.6 is 0 Å². The Kier molecular flexibility index (Phi) is 5.69. The van der Waals surface area contributed by atoms with Gasteiger partial charge in [0.1, 0.15) is 11.2 Å². The van der Waals surface area contributed by atoms with Crippen molar-refractivity contribution in [1.82, 2.24) is 19.5 Å². The monoisotopic (exact) mass is 568 g/mol. The molecule has 44 heavy (non-hydrogen) atoms. The van der Waals surface area contributed by atoms with E-state index in [-0.39, 0.29) is 0 Å². The fraction of sp³-hybridized carbons (Fsp3) is 0.103. The maximum atomic E-state index is 6.57. The van der Waals surface area contributed by atoms with Gasteiger partial charge in [0.15, 0.2) is 17.5 Å². The molecule has 0 spiro atoms. The van der Waals surface area contributed by atoms with Crippen LogP contribution in [-0.4, -0.2) is 19.5 Å². The van der Waals surface area contributed by atoms with Gasteiger partial charge in [-0.05, 0) is 66.8 Å². The Morgan fingerprint density at radius 3 is 2.30 bits per heavy atom. The number of aromatic nitrogens is 4. The van der Waals surface area contributed by atoms with Crippen LogP contribution in [-0.2, 0) is 6.42 Å². The van der Waals surface area contributed by atoms with Gasteiger partial charge in [0, 0.05) is 33.3 Å². The van der Waals surface area contributed by atoms with E-state index in [9.17, 15) is 0 Å². The summed E-state index contributed by atoms with van der Waals surface area (Å²) in [6.45, 7) is 0. The van der Waals surface area contributed by atoms with Crippen molar-refractivity contribution >= 4 is 44.5 Å². The molecule has 3 heterocycles. The van der Waals surface area contributed by atoms with Crippen LogP contribution < -0.4 is 5.22 Å². The molecule has 2 aliphatic rings. The maximum Gasteiger partial charge on any atom is 0.164 e. The van der Waals surface area contributed by atoms with Crippen LogP contribution in [0.1, 0.15) is 30.8 Å². The molecule has 0 fully saturated rings. The number of allylic oxidation sites excluding steroid dienone is 4. The zero-order valence-corrected chi connectivity index (χ0v) is 24.1. The van der Waals surface area contributed by atoms with Crippen molar-refractivity contribution < 1.29 is 4.42 Å². The molecule has 210 valence electrons.